The van der Waals surface area contributed by atoms with Crippen LogP contribution < -0.4 is 4.74 Å². The molecule has 0 bridgehead atoms. The van der Waals surface area contributed by atoms with Gasteiger partial charge in [0.2, 0.25) is 0 Å². The van der Waals surface area contributed by atoms with E-state index in [-0.39, 0.29) is 22.8 Å². The van der Waals surface area contributed by atoms with Gasteiger partial charge in [-0.15, -0.1) is 0 Å². The fraction of sp³-hybridized carbons (Fsp3) is 0.188. The lowest BCUT2D eigenvalue weighted by atomic mass is 9.97. The fourth-order valence-corrected chi connectivity index (χ4v) is 2.11. The molecule has 0 aliphatic carbocycles. The highest BCUT2D eigenvalue weighted by Gasteiger charge is 2.19. The van der Waals surface area contributed by atoms with Crippen LogP contribution in [0, 0.1) is 24.0 Å². The number of nitro groups is 1. The molecule has 0 aliphatic heterocycles. The summed E-state index contributed by atoms with van der Waals surface area (Å²) < 4.78 is 4.94. The van der Waals surface area contributed by atoms with Crippen molar-refractivity contribution >= 4 is 11.5 Å². The van der Waals surface area contributed by atoms with Gasteiger partial charge in [0, 0.05) is 17.2 Å². The number of benzene rings is 2. The molecule has 5 nitrogen and oxygen atoms in total. The van der Waals surface area contributed by atoms with Gasteiger partial charge in [0.05, 0.1) is 12.0 Å². The van der Waals surface area contributed by atoms with E-state index >= 15 is 0 Å². The van der Waals surface area contributed by atoms with E-state index in [9.17, 15) is 14.9 Å². The molecule has 2 aromatic rings. The Morgan fingerprint density at radius 2 is 1.86 bits per heavy atom. The average molecular weight is 285 g/mol. The van der Waals surface area contributed by atoms with Crippen LogP contribution in [0.25, 0.3) is 0 Å². The Kier molecular flexibility index (Phi) is 4.03. The molecule has 2 aromatic carbocycles. The summed E-state index contributed by atoms with van der Waals surface area (Å²) in [7, 11) is 1.36. The highest BCUT2D eigenvalue weighted by Crippen LogP contribution is 2.29. The van der Waals surface area contributed by atoms with Gasteiger partial charge < -0.3 is 4.74 Å². The second-order valence-corrected chi connectivity index (χ2v) is 4.79. The molecule has 0 heterocycles. The molecule has 0 aromatic heterocycles. The Morgan fingerprint density at radius 1 is 1.14 bits per heavy atom. The van der Waals surface area contributed by atoms with Crippen LogP contribution in [0.5, 0.6) is 5.75 Å². The minimum Gasteiger partial charge on any atom is -0.490 e. The summed E-state index contributed by atoms with van der Waals surface area (Å²) >= 11 is 0. The molecule has 0 amide bonds. The number of hydrogen-bond acceptors (Lipinski definition) is 4. The molecule has 0 spiro atoms. The number of nitro benzene ring substituents is 1. The van der Waals surface area contributed by atoms with Gasteiger partial charge in [-0.3, -0.25) is 14.9 Å². The maximum absolute atomic E-state index is 12.5. The number of methoxy groups -OCH3 is 1. The normalized spacial score (nSPS) is 10.2. The van der Waals surface area contributed by atoms with Crippen molar-refractivity contribution in [3.05, 3.63) is 68.8 Å². The Bertz CT molecular complexity index is 722. The first-order valence-corrected chi connectivity index (χ1v) is 6.38. The lowest BCUT2D eigenvalue weighted by Crippen LogP contribution is -2.05. The third-order valence-electron chi connectivity index (χ3n) is 3.28. The maximum Gasteiger partial charge on any atom is 0.311 e. The van der Waals surface area contributed by atoms with Gasteiger partial charge in [0.25, 0.3) is 0 Å². The number of aryl methyl sites for hydroxylation is 2. The summed E-state index contributed by atoms with van der Waals surface area (Å²) in [6, 6.07) is 9.80. The Hall–Kier alpha value is -2.69. The molecule has 0 saturated carbocycles. The maximum atomic E-state index is 12.5. The minimum atomic E-state index is -0.557. The smallest absolute Gasteiger partial charge is 0.311 e. The van der Waals surface area contributed by atoms with Crippen molar-refractivity contribution in [2.45, 2.75) is 13.8 Å². The first-order valence-electron chi connectivity index (χ1n) is 6.38. The Balaban J connectivity index is 2.51. The highest BCUT2D eigenvalue weighted by atomic mass is 16.6. The molecule has 0 N–H and O–H groups in total. The number of rotatable bonds is 4. The zero-order chi connectivity index (χ0) is 15.6. The molecule has 0 saturated heterocycles. The molecular formula is C16H15NO4. The van der Waals surface area contributed by atoms with Crippen LogP contribution >= 0.6 is 0 Å². The van der Waals surface area contributed by atoms with Crippen LogP contribution in [0.15, 0.2) is 36.4 Å². The van der Waals surface area contributed by atoms with Crippen LogP contribution in [-0.2, 0) is 0 Å². The molecule has 0 fully saturated rings. The van der Waals surface area contributed by atoms with Crippen molar-refractivity contribution in [3.8, 4) is 5.75 Å². The van der Waals surface area contributed by atoms with Crippen molar-refractivity contribution in [2.24, 2.45) is 0 Å². The van der Waals surface area contributed by atoms with Crippen molar-refractivity contribution in [1.82, 2.24) is 0 Å². The number of carbonyl (C=O) groups is 1. The third-order valence-corrected chi connectivity index (χ3v) is 3.28. The molecule has 0 unspecified atom stereocenters. The molecule has 0 atom stereocenters. The van der Waals surface area contributed by atoms with E-state index in [1.807, 2.05) is 26.0 Å². The van der Waals surface area contributed by atoms with Crippen LogP contribution in [0.3, 0.4) is 0 Å². The van der Waals surface area contributed by atoms with Crippen molar-refractivity contribution in [2.75, 3.05) is 7.11 Å². The van der Waals surface area contributed by atoms with Crippen LogP contribution in [0.2, 0.25) is 0 Å². The Morgan fingerprint density at radius 3 is 2.48 bits per heavy atom. The molecule has 0 radical (unpaired) electrons. The third kappa shape index (κ3) is 2.91. The molecule has 0 aliphatic rings. The zero-order valence-corrected chi connectivity index (χ0v) is 12.0. The van der Waals surface area contributed by atoms with E-state index in [4.69, 9.17) is 4.74 Å². The lowest BCUT2D eigenvalue weighted by molar-refractivity contribution is -0.385. The van der Waals surface area contributed by atoms with Gasteiger partial charge in [0.15, 0.2) is 11.5 Å². The van der Waals surface area contributed by atoms with Crippen molar-refractivity contribution in [1.29, 1.82) is 0 Å². The average Bonchev–Trinajstić information content (AvgIpc) is 2.48. The topological polar surface area (TPSA) is 69.4 Å². The molecule has 5 heteroatoms. The van der Waals surface area contributed by atoms with Gasteiger partial charge in [-0.05, 0) is 37.6 Å². The summed E-state index contributed by atoms with van der Waals surface area (Å²) in [6.07, 6.45) is 0. The zero-order valence-electron chi connectivity index (χ0n) is 12.0. The largest absolute Gasteiger partial charge is 0.490 e. The van der Waals surface area contributed by atoms with Crippen molar-refractivity contribution in [3.63, 3.8) is 0 Å². The predicted octanol–water partition coefficient (Wildman–Crippen LogP) is 3.45. The number of hydrogen-bond donors (Lipinski definition) is 0. The van der Waals surface area contributed by atoms with Gasteiger partial charge in [-0.1, -0.05) is 17.7 Å². The van der Waals surface area contributed by atoms with Crippen LogP contribution in [0.4, 0.5) is 5.69 Å². The first kappa shape index (κ1) is 14.7. The Labute approximate surface area is 122 Å². The fourth-order valence-electron chi connectivity index (χ4n) is 2.11. The van der Waals surface area contributed by atoms with Crippen molar-refractivity contribution < 1.29 is 14.5 Å². The predicted molar refractivity (Wildman–Crippen MR) is 79.0 cm³/mol. The lowest BCUT2D eigenvalue weighted by Gasteiger charge is -2.08. The summed E-state index contributed by atoms with van der Waals surface area (Å²) in [5, 5.41) is 11.0. The van der Waals surface area contributed by atoms with Crippen LogP contribution in [0.1, 0.15) is 27.0 Å². The second-order valence-electron chi connectivity index (χ2n) is 4.79. The number of nitrogens with zero attached hydrogens (tertiary/aromatic N) is 1. The summed E-state index contributed by atoms with van der Waals surface area (Å²) in [4.78, 5) is 23.0. The van der Waals surface area contributed by atoms with Gasteiger partial charge in [-0.25, -0.2) is 0 Å². The SMILES string of the molecule is COc1ccc(C(=O)c2cc(C)ccc2C)cc1[N+](=O)[O-]. The number of ether oxygens (including phenoxy) is 1. The number of ketones is 1. The molecule has 21 heavy (non-hydrogen) atoms. The van der Waals surface area contributed by atoms with E-state index in [2.05, 4.69) is 0 Å². The molecule has 108 valence electrons. The first-order chi connectivity index (χ1) is 9.93. The summed E-state index contributed by atoms with van der Waals surface area (Å²) in [5.41, 5.74) is 2.41. The molecule has 2 rings (SSSR count). The minimum absolute atomic E-state index is 0.137. The van der Waals surface area contributed by atoms with Gasteiger partial charge >= 0.3 is 5.69 Å². The van der Waals surface area contributed by atoms with E-state index in [1.54, 1.807) is 6.07 Å². The van der Waals surface area contributed by atoms with E-state index in [1.165, 1.54) is 25.3 Å². The second kappa shape index (κ2) is 5.75. The highest BCUT2D eigenvalue weighted by molar-refractivity contribution is 6.10. The standard InChI is InChI=1S/C16H15NO4/c1-10-4-5-11(2)13(8-10)16(18)12-6-7-15(21-3)14(9-12)17(19)20/h4-9H,1-3H3. The summed E-state index contributed by atoms with van der Waals surface area (Å²) in [5.74, 6) is -0.0977. The quantitative estimate of drug-likeness (QED) is 0.490. The van der Waals surface area contributed by atoms with Crippen LogP contribution in [-0.4, -0.2) is 17.8 Å². The molecular weight excluding hydrogens is 270 g/mol. The summed E-state index contributed by atoms with van der Waals surface area (Å²) in [6.45, 7) is 3.73. The monoisotopic (exact) mass is 285 g/mol. The van der Waals surface area contributed by atoms with E-state index in [0.717, 1.165) is 11.1 Å². The van der Waals surface area contributed by atoms with E-state index < -0.39 is 4.92 Å². The van der Waals surface area contributed by atoms with Gasteiger partial charge in [-0.2, -0.15) is 0 Å². The van der Waals surface area contributed by atoms with E-state index in [0.29, 0.717) is 5.56 Å². The van der Waals surface area contributed by atoms with Gasteiger partial charge in [0.1, 0.15) is 0 Å². The number of carbonyl (C=O) groups excluding carboxylic acids is 1.